The van der Waals surface area contributed by atoms with E-state index in [2.05, 4.69) is 10.3 Å². The smallest absolute Gasteiger partial charge is 0.417 e. The van der Waals surface area contributed by atoms with Crippen LogP contribution in [-0.2, 0) is 4.79 Å². The van der Waals surface area contributed by atoms with Gasteiger partial charge in [-0.2, -0.15) is 0 Å². The largest absolute Gasteiger partial charge is 0.494 e. The van der Waals surface area contributed by atoms with Crippen LogP contribution in [0.25, 0.3) is 0 Å². The normalized spacial score (nSPS) is 22.9. The van der Waals surface area contributed by atoms with Crippen molar-refractivity contribution < 1.29 is 18.9 Å². The fourth-order valence-corrected chi connectivity index (χ4v) is 3.95. The quantitative estimate of drug-likeness (QED) is 0.691. The van der Waals surface area contributed by atoms with Gasteiger partial charge in [-0.25, -0.2) is 9.37 Å². The number of amides is 3. The summed E-state index contributed by atoms with van der Waals surface area (Å²) in [6.07, 6.45) is 0. The fourth-order valence-electron chi connectivity index (χ4n) is 3.95. The van der Waals surface area contributed by atoms with Crippen LogP contribution in [0.2, 0.25) is 0 Å². The summed E-state index contributed by atoms with van der Waals surface area (Å²) in [5, 5.41) is 9.87. The molecule has 0 radical (unpaired) electrons. The van der Waals surface area contributed by atoms with Crippen molar-refractivity contribution >= 4 is 35.1 Å². The SMILES string of the molecule is CCOc1ccc(NCCN2N=C(C)C(C)[N+]3=C2N=C2C3C(=O)N(C)C(=O)N2C)cc1. The number of carbonyl (C=O) groups excluding carboxylic acids is 2. The maximum absolute atomic E-state index is 12.9. The van der Waals surface area contributed by atoms with Gasteiger partial charge in [-0.1, -0.05) is 4.99 Å². The first kappa shape index (κ1) is 20.8. The topological polar surface area (TPSA) is 92.8 Å². The highest BCUT2D eigenvalue weighted by molar-refractivity contribution is 6.23. The van der Waals surface area contributed by atoms with E-state index in [-0.39, 0.29) is 18.0 Å². The van der Waals surface area contributed by atoms with Crippen molar-refractivity contribution in [2.75, 3.05) is 39.1 Å². The van der Waals surface area contributed by atoms with E-state index in [0.29, 0.717) is 31.5 Å². The second-order valence-electron chi connectivity index (χ2n) is 7.74. The highest BCUT2D eigenvalue weighted by atomic mass is 16.5. The number of imide groups is 1. The summed E-state index contributed by atoms with van der Waals surface area (Å²) in [5.41, 5.74) is 1.86. The lowest BCUT2D eigenvalue weighted by molar-refractivity contribution is -0.559. The van der Waals surface area contributed by atoms with Crippen molar-refractivity contribution in [1.29, 1.82) is 0 Å². The van der Waals surface area contributed by atoms with Gasteiger partial charge in [-0.3, -0.25) is 14.6 Å². The summed E-state index contributed by atoms with van der Waals surface area (Å²) in [5.74, 6) is 1.60. The number of rotatable bonds is 6. The number of guanidine groups is 1. The van der Waals surface area contributed by atoms with E-state index in [1.165, 1.54) is 11.9 Å². The van der Waals surface area contributed by atoms with E-state index in [9.17, 15) is 9.59 Å². The van der Waals surface area contributed by atoms with E-state index in [0.717, 1.165) is 22.0 Å². The lowest BCUT2D eigenvalue weighted by atomic mass is 10.1. The molecule has 0 saturated carbocycles. The zero-order valence-electron chi connectivity index (χ0n) is 18.5. The molecular weight excluding hydrogens is 398 g/mol. The molecule has 4 rings (SSSR count). The lowest BCUT2D eigenvalue weighted by Crippen LogP contribution is -2.63. The Balaban J connectivity index is 1.52. The molecule has 3 aliphatic rings. The number of amidine groups is 1. The highest BCUT2D eigenvalue weighted by Crippen LogP contribution is 2.24. The molecule has 0 aliphatic carbocycles. The maximum Gasteiger partial charge on any atom is 0.417 e. The minimum atomic E-state index is -0.621. The first-order valence-electron chi connectivity index (χ1n) is 10.4. The van der Waals surface area contributed by atoms with Gasteiger partial charge in [0.15, 0.2) is 0 Å². The molecule has 1 fully saturated rings. The number of hydrogen-bond acceptors (Lipinski definition) is 7. The van der Waals surface area contributed by atoms with Crippen LogP contribution in [0.5, 0.6) is 5.75 Å². The van der Waals surface area contributed by atoms with Gasteiger partial charge in [-0.05, 0) is 45.0 Å². The van der Waals surface area contributed by atoms with Crippen molar-refractivity contribution in [3.63, 3.8) is 0 Å². The molecule has 3 heterocycles. The molecule has 0 aromatic heterocycles. The third-order valence-electron chi connectivity index (χ3n) is 5.80. The Morgan fingerprint density at radius 1 is 1.16 bits per heavy atom. The van der Waals surface area contributed by atoms with Crippen LogP contribution in [0, 0.1) is 0 Å². The van der Waals surface area contributed by atoms with Crippen molar-refractivity contribution in [3.05, 3.63) is 24.3 Å². The summed E-state index contributed by atoms with van der Waals surface area (Å²) in [6, 6.07) is 6.69. The van der Waals surface area contributed by atoms with Crippen LogP contribution in [0.3, 0.4) is 0 Å². The molecule has 10 nitrogen and oxygen atoms in total. The third kappa shape index (κ3) is 3.51. The number of ether oxygens (including phenoxy) is 1. The molecule has 3 aliphatic heterocycles. The Bertz CT molecular complexity index is 999. The number of benzene rings is 1. The number of carbonyl (C=O) groups is 2. The van der Waals surface area contributed by atoms with E-state index in [1.54, 1.807) is 12.1 Å². The second kappa shape index (κ2) is 8.01. The van der Waals surface area contributed by atoms with Crippen LogP contribution in [0.4, 0.5) is 10.5 Å². The number of fused-ring (bicyclic) bond motifs is 2. The van der Waals surface area contributed by atoms with Gasteiger partial charge in [0.2, 0.25) is 11.9 Å². The number of anilines is 1. The molecule has 2 atom stereocenters. The van der Waals surface area contributed by atoms with Gasteiger partial charge in [0.1, 0.15) is 18.3 Å². The van der Waals surface area contributed by atoms with Gasteiger partial charge >= 0.3 is 12.0 Å². The standard InChI is InChI=1S/C21H28N7O3/c1-6-31-16-9-7-15(8-10-16)22-11-12-27-20-23-18-17(28(20)14(3)13(2)24-27)19(29)26(5)21(30)25(18)4/h7-10,14,17,22H,6,11-12H2,1-5H3/q+1. The van der Waals surface area contributed by atoms with E-state index in [4.69, 9.17) is 9.84 Å². The molecule has 1 N–H and O–H groups in total. The lowest BCUT2D eigenvalue weighted by Gasteiger charge is -2.33. The third-order valence-corrected chi connectivity index (χ3v) is 5.80. The predicted octanol–water partition coefficient (Wildman–Crippen LogP) is 1.25. The fraction of sp³-hybridized carbons (Fsp3) is 0.476. The second-order valence-corrected chi connectivity index (χ2v) is 7.74. The summed E-state index contributed by atoms with van der Waals surface area (Å²) < 4.78 is 7.43. The number of likely N-dealkylation sites (N-methyl/N-ethyl adjacent to an activating group) is 2. The predicted molar refractivity (Wildman–Crippen MR) is 118 cm³/mol. The maximum atomic E-state index is 12.9. The average Bonchev–Trinajstić information content (AvgIpc) is 3.17. The highest BCUT2D eigenvalue weighted by Gasteiger charge is 2.55. The van der Waals surface area contributed by atoms with Gasteiger partial charge in [0.05, 0.1) is 12.3 Å². The van der Waals surface area contributed by atoms with Gasteiger partial charge in [-0.15, -0.1) is 10.1 Å². The Morgan fingerprint density at radius 2 is 1.87 bits per heavy atom. The van der Waals surface area contributed by atoms with Crippen molar-refractivity contribution in [2.45, 2.75) is 32.9 Å². The molecule has 31 heavy (non-hydrogen) atoms. The number of urea groups is 1. The summed E-state index contributed by atoms with van der Waals surface area (Å²) in [4.78, 5) is 32.5. The molecule has 1 aromatic carbocycles. The molecule has 1 aromatic rings. The molecule has 164 valence electrons. The monoisotopic (exact) mass is 426 g/mol. The number of aliphatic imine (C=N–C) groups is 1. The minimum absolute atomic E-state index is 0.101. The van der Waals surface area contributed by atoms with Crippen LogP contribution >= 0.6 is 0 Å². The van der Waals surface area contributed by atoms with Crippen LogP contribution in [0.15, 0.2) is 34.4 Å². The number of hydrazone groups is 1. The zero-order valence-corrected chi connectivity index (χ0v) is 18.5. The molecular formula is C21H28N7O3+. The van der Waals surface area contributed by atoms with Crippen LogP contribution in [0.1, 0.15) is 20.8 Å². The number of nitrogens with zero attached hydrogens (tertiary/aromatic N) is 6. The first-order valence-corrected chi connectivity index (χ1v) is 10.4. The zero-order chi connectivity index (χ0) is 22.3. The van der Waals surface area contributed by atoms with E-state index in [1.807, 2.05) is 49.6 Å². The van der Waals surface area contributed by atoms with Gasteiger partial charge in [0, 0.05) is 26.3 Å². The summed E-state index contributed by atoms with van der Waals surface area (Å²) >= 11 is 0. The van der Waals surface area contributed by atoms with Crippen molar-refractivity contribution in [1.82, 2.24) is 14.8 Å². The van der Waals surface area contributed by atoms with Crippen molar-refractivity contribution in [2.24, 2.45) is 10.1 Å². The van der Waals surface area contributed by atoms with Gasteiger partial charge in [0.25, 0.3) is 5.91 Å². The van der Waals surface area contributed by atoms with Crippen molar-refractivity contribution in [3.8, 4) is 5.75 Å². The van der Waals surface area contributed by atoms with E-state index >= 15 is 0 Å². The summed E-state index contributed by atoms with van der Waals surface area (Å²) in [7, 11) is 3.15. The molecule has 0 bridgehead atoms. The molecule has 2 unspecified atom stereocenters. The Kier molecular flexibility index (Phi) is 5.38. The Morgan fingerprint density at radius 3 is 2.55 bits per heavy atom. The molecule has 0 spiro atoms. The first-order chi connectivity index (χ1) is 14.8. The number of hydrogen-bond donors (Lipinski definition) is 1. The van der Waals surface area contributed by atoms with Gasteiger partial charge < -0.3 is 10.1 Å². The average molecular weight is 427 g/mol. The Hall–Kier alpha value is -3.43. The minimum Gasteiger partial charge on any atom is -0.494 e. The van der Waals surface area contributed by atoms with Crippen LogP contribution in [-0.4, -0.2) is 94.7 Å². The van der Waals surface area contributed by atoms with E-state index < -0.39 is 6.04 Å². The summed E-state index contributed by atoms with van der Waals surface area (Å²) in [6.45, 7) is 7.70. The molecule has 3 amide bonds. The Labute approximate surface area is 181 Å². The number of nitrogens with one attached hydrogen (secondary N) is 1. The molecule has 1 saturated heterocycles. The van der Waals surface area contributed by atoms with Crippen LogP contribution < -0.4 is 10.1 Å². The molecule has 10 heteroatoms.